The largest absolute Gasteiger partial charge is 0.490 e. The quantitative estimate of drug-likeness (QED) is 0.204. The molecular weight excluding hydrogens is 634 g/mol. The molecule has 11 heteroatoms. The van der Waals surface area contributed by atoms with Crippen LogP contribution < -0.4 is 15.4 Å². The Bertz CT molecular complexity index is 1760. The van der Waals surface area contributed by atoms with Gasteiger partial charge in [0.15, 0.2) is 0 Å². The van der Waals surface area contributed by atoms with Gasteiger partial charge in [-0.3, -0.25) is 14.6 Å². The maximum atomic E-state index is 14.4. The Morgan fingerprint density at radius 2 is 1.78 bits per heavy atom. The summed E-state index contributed by atoms with van der Waals surface area (Å²) in [6.45, 7) is 6.49. The highest BCUT2D eigenvalue weighted by atomic mass is 16.5. The monoisotopic (exact) mass is 681 g/mol. The Kier molecular flexibility index (Phi) is 12.4. The number of nitrogens with zero attached hydrogens (tertiary/aromatic N) is 3. The summed E-state index contributed by atoms with van der Waals surface area (Å²) in [6.07, 6.45) is 4.87. The molecular formula is C39H47N5O6. The van der Waals surface area contributed by atoms with Crippen molar-refractivity contribution < 1.29 is 29.0 Å². The number of rotatable bonds is 7. The van der Waals surface area contributed by atoms with Crippen LogP contribution in [0.1, 0.15) is 60.7 Å². The standard InChI is InChI=1S/C39H47N5O6/c1-26-23-44(27(2)25-45)38(47)33-22-31(41-37(46)30-17-19-40-20-18-30)15-16-35(33)50-28(3)10-7-8-21-49-36(26)24-43(4)39(48)42-34-14-9-12-29-11-5-6-13-32(29)34/h5-6,9,11-20,22,26-28,36,45H,7-8,10,21,23-25H2,1-4H3,(H,41,46)(H,42,48)/t26-,27+,28+,36+/m0/s1. The number of likely N-dealkylation sites (N-methyl/N-ethyl adjacent to an activating group) is 1. The molecule has 4 amide bonds. The van der Waals surface area contributed by atoms with Gasteiger partial charge in [-0.1, -0.05) is 43.3 Å². The second kappa shape index (κ2) is 17.1. The third-order valence-corrected chi connectivity index (χ3v) is 9.08. The number of benzene rings is 3. The lowest BCUT2D eigenvalue weighted by molar-refractivity contribution is -0.0115. The molecule has 2 heterocycles. The first-order valence-electron chi connectivity index (χ1n) is 17.2. The molecule has 3 N–H and O–H groups in total. The molecule has 0 fully saturated rings. The Labute approximate surface area is 293 Å². The van der Waals surface area contributed by atoms with Gasteiger partial charge in [-0.05, 0) is 74.9 Å². The summed E-state index contributed by atoms with van der Waals surface area (Å²) >= 11 is 0. The number of nitrogens with one attached hydrogen (secondary N) is 2. The van der Waals surface area contributed by atoms with Gasteiger partial charge in [0.2, 0.25) is 0 Å². The van der Waals surface area contributed by atoms with Crippen LogP contribution in [0.3, 0.4) is 0 Å². The van der Waals surface area contributed by atoms with E-state index in [1.807, 2.05) is 56.3 Å². The average molecular weight is 682 g/mol. The van der Waals surface area contributed by atoms with E-state index in [0.29, 0.717) is 23.6 Å². The van der Waals surface area contributed by atoms with Crippen LogP contribution in [0.15, 0.2) is 85.2 Å². The second-order valence-electron chi connectivity index (χ2n) is 13.0. The second-order valence-corrected chi connectivity index (χ2v) is 13.0. The highest BCUT2D eigenvalue weighted by molar-refractivity contribution is 6.05. The minimum atomic E-state index is -0.536. The number of hydrogen-bond acceptors (Lipinski definition) is 7. The topological polar surface area (TPSA) is 133 Å². The van der Waals surface area contributed by atoms with E-state index >= 15 is 0 Å². The molecule has 0 spiro atoms. The van der Waals surface area contributed by atoms with Crippen LogP contribution in [0.4, 0.5) is 16.2 Å². The summed E-state index contributed by atoms with van der Waals surface area (Å²) in [4.78, 5) is 48.0. The summed E-state index contributed by atoms with van der Waals surface area (Å²) in [5.41, 5.74) is 1.86. The van der Waals surface area contributed by atoms with Crippen molar-refractivity contribution in [1.29, 1.82) is 0 Å². The van der Waals surface area contributed by atoms with E-state index in [1.54, 1.807) is 66.5 Å². The van der Waals surface area contributed by atoms with Crippen molar-refractivity contribution in [2.24, 2.45) is 5.92 Å². The molecule has 1 aliphatic heterocycles. The van der Waals surface area contributed by atoms with Gasteiger partial charge in [0.1, 0.15) is 5.75 Å². The SMILES string of the molecule is C[C@@H]1CCCCO[C@H](CN(C)C(=O)Nc2cccc3ccccc23)[C@@H](C)CN([C@H](C)CO)C(=O)c2cc(NC(=O)c3ccncc3)ccc2O1. The van der Waals surface area contributed by atoms with Crippen LogP contribution in [-0.2, 0) is 4.74 Å². The van der Waals surface area contributed by atoms with E-state index < -0.39 is 12.1 Å². The van der Waals surface area contributed by atoms with Crippen LogP contribution in [0.2, 0.25) is 0 Å². The maximum absolute atomic E-state index is 14.4. The molecule has 0 saturated carbocycles. The number of aromatic nitrogens is 1. The minimum absolute atomic E-state index is 0.191. The summed E-state index contributed by atoms with van der Waals surface area (Å²) in [5, 5.41) is 18.2. The number of fused-ring (bicyclic) bond motifs is 2. The van der Waals surface area contributed by atoms with E-state index in [1.165, 1.54) is 0 Å². The molecule has 1 aliphatic rings. The number of urea groups is 1. The van der Waals surface area contributed by atoms with Crippen molar-refractivity contribution in [3.63, 3.8) is 0 Å². The fourth-order valence-corrected chi connectivity index (χ4v) is 6.07. The molecule has 11 nitrogen and oxygen atoms in total. The first-order chi connectivity index (χ1) is 24.1. The summed E-state index contributed by atoms with van der Waals surface area (Å²) in [7, 11) is 1.73. The normalized spacial score (nSPS) is 19.4. The molecule has 0 radical (unpaired) electrons. The van der Waals surface area contributed by atoms with Crippen LogP contribution in [0.25, 0.3) is 10.8 Å². The molecule has 5 rings (SSSR count). The summed E-state index contributed by atoms with van der Waals surface area (Å²) in [5.74, 6) is -0.500. The smallest absolute Gasteiger partial charge is 0.321 e. The predicted octanol–water partition coefficient (Wildman–Crippen LogP) is 6.45. The van der Waals surface area contributed by atoms with Crippen molar-refractivity contribution in [2.45, 2.75) is 58.3 Å². The Hall–Kier alpha value is -5.00. The number of anilines is 2. The van der Waals surface area contributed by atoms with Crippen LogP contribution in [0.5, 0.6) is 5.75 Å². The first kappa shape index (κ1) is 36.3. The molecule has 4 aromatic rings. The number of carbonyl (C=O) groups is 3. The Morgan fingerprint density at radius 1 is 1.02 bits per heavy atom. The molecule has 50 heavy (non-hydrogen) atoms. The number of pyridine rings is 1. The minimum Gasteiger partial charge on any atom is -0.490 e. The van der Waals surface area contributed by atoms with Gasteiger partial charge in [0.05, 0.1) is 36.1 Å². The van der Waals surface area contributed by atoms with Gasteiger partial charge in [-0.15, -0.1) is 0 Å². The zero-order chi connectivity index (χ0) is 35.6. The molecule has 0 aliphatic carbocycles. The highest BCUT2D eigenvalue weighted by Gasteiger charge is 2.31. The lowest BCUT2D eigenvalue weighted by Crippen LogP contribution is -2.48. The van der Waals surface area contributed by atoms with E-state index in [2.05, 4.69) is 15.6 Å². The van der Waals surface area contributed by atoms with Gasteiger partial charge < -0.3 is 35.0 Å². The molecule has 0 saturated heterocycles. The number of carbonyl (C=O) groups excluding carboxylic acids is 3. The van der Waals surface area contributed by atoms with E-state index in [4.69, 9.17) is 9.47 Å². The number of aliphatic hydroxyl groups excluding tert-OH is 1. The van der Waals surface area contributed by atoms with E-state index in [9.17, 15) is 19.5 Å². The fraction of sp³-hybridized carbons (Fsp3) is 0.385. The van der Waals surface area contributed by atoms with E-state index in [-0.39, 0.29) is 55.1 Å². The highest BCUT2D eigenvalue weighted by Crippen LogP contribution is 2.29. The number of amides is 4. The molecule has 264 valence electrons. The van der Waals surface area contributed by atoms with Crippen molar-refractivity contribution in [3.8, 4) is 5.75 Å². The number of ether oxygens (including phenoxy) is 2. The molecule has 4 atom stereocenters. The molecule has 0 unspecified atom stereocenters. The van der Waals surface area contributed by atoms with Gasteiger partial charge in [0, 0.05) is 61.7 Å². The van der Waals surface area contributed by atoms with Crippen LogP contribution in [0, 0.1) is 5.92 Å². The number of aliphatic hydroxyl groups is 1. The van der Waals surface area contributed by atoms with Crippen molar-refractivity contribution >= 4 is 40.0 Å². The number of hydrogen-bond donors (Lipinski definition) is 3. The van der Waals surface area contributed by atoms with Gasteiger partial charge in [0.25, 0.3) is 11.8 Å². The third-order valence-electron chi connectivity index (χ3n) is 9.08. The summed E-state index contributed by atoms with van der Waals surface area (Å²) in [6, 6.07) is 21.1. The Balaban J connectivity index is 1.38. The molecule has 0 bridgehead atoms. The van der Waals surface area contributed by atoms with Crippen molar-refractivity contribution in [1.82, 2.24) is 14.8 Å². The summed E-state index contributed by atoms with van der Waals surface area (Å²) < 4.78 is 12.7. The predicted molar refractivity (Wildman–Crippen MR) is 195 cm³/mol. The lowest BCUT2D eigenvalue weighted by Gasteiger charge is -2.35. The van der Waals surface area contributed by atoms with Gasteiger partial charge in [-0.25, -0.2) is 4.79 Å². The van der Waals surface area contributed by atoms with Crippen LogP contribution >= 0.6 is 0 Å². The van der Waals surface area contributed by atoms with E-state index in [0.717, 1.165) is 35.7 Å². The Morgan fingerprint density at radius 3 is 2.56 bits per heavy atom. The molecule has 3 aromatic carbocycles. The zero-order valence-corrected chi connectivity index (χ0v) is 29.2. The zero-order valence-electron chi connectivity index (χ0n) is 29.2. The van der Waals surface area contributed by atoms with Crippen molar-refractivity contribution in [3.05, 3.63) is 96.3 Å². The lowest BCUT2D eigenvalue weighted by atomic mass is 10.0. The third kappa shape index (κ3) is 9.16. The van der Waals surface area contributed by atoms with Gasteiger partial charge >= 0.3 is 6.03 Å². The van der Waals surface area contributed by atoms with Crippen LogP contribution in [-0.4, -0.2) is 89.3 Å². The fourth-order valence-electron chi connectivity index (χ4n) is 6.07. The first-order valence-corrected chi connectivity index (χ1v) is 17.2. The maximum Gasteiger partial charge on any atom is 0.321 e. The average Bonchev–Trinajstić information content (AvgIpc) is 3.13. The van der Waals surface area contributed by atoms with Gasteiger partial charge in [-0.2, -0.15) is 0 Å². The van der Waals surface area contributed by atoms with Crippen molar-refractivity contribution in [2.75, 3.05) is 44.0 Å². The molecule has 1 aromatic heterocycles.